The topological polar surface area (TPSA) is 63.6 Å². The van der Waals surface area contributed by atoms with Crippen LogP contribution in [0.25, 0.3) is 0 Å². The zero-order valence-corrected chi connectivity index (χ0v) is 11.8. The molecule has 1 rings (SSSR count). The molecule has 1 N–H and O–H groups in total. The molecule has 4 nitrogen and oxygen atoms in total. The second-order valence-electron chi connectivity index (χ2n) is 4.47. The van der Waals surface area contributed by atoms with Crippen molar-refractivity contribution in [3.8, 4) is 0 Å². The number of rotatable bonds is 6. The van der Waals surface area contributed by atoms with E-state index in [-0.39, 0.29) is 11.0 Å². The van der Waals surface area contributed by atoms with Crippen molar-refractivity contribution in [2.24, 2.45) is 0 Å². The van der Waals surface area contributed by atoms with Gasteiger partial charge < -0.3 is 4.74 Å². The molecule has 0 aromatic heterocycles. The van der Waals surface area contributed by atoms with Gasteiger partial charge in [-0.25, -0.2) is 0 Å². The van der Waals surface area contributed by atoms with Crippen molar-refractivity contribution in [1.82, 2.24) is 0 Å². The molecule has 1 aromatic carbocycles. The van der Waals surface area contributed by atoms with Gasteiger partial charge >= 0.3 is 0 Å². The third-order valence-corrected chi connectivity index (χ3v) is 3.56. The summed E-state index contributed by atoms with van der Waals surface area (Å²) in [4.78, 5) is -0.0277. The lowest BCUT2D eigenvalue weighted by molar-refractivity contribution is 0.0665. The first-order valence-corrected chi connectivity index (χ1v) is 7.47. The van der Waals surface area contributed by atoms with Gasteiger partial charge in [0.25, 0.3) is 10.1 Å². The molecule has 0 bridgehead atoms. The van der Waals surface area contributed by atoms with E-state index in [9.17, 15) is 13.0 Å². The summed E-state index contributed by atoms with van der Waals surface area (Å²) in [5, 5.41) is 0. The SMILES string of the molecule is CCCOC(C)Cc1cc(C)ccc1S(=O)(=O)O. The largest absolute Gasteiger partial charge is 0.378 e. The Morgan fingerprint density at radius 2 is 2.06 bits per heavy atom. The molecule has 1 unspecified atom stereocenters. The number of hydrogen-bond donors (Lipinski definition) is 1. The molecular weight excluding hydrogens is 252 g/mol. The summed E-state index contributed by atoms with van der Waals surface area (Å²) in [6.45, 7) is 6.44. The van der Waals surface area contributed by atoms with Crippen LogP contribution in [0, 0.1) is 6.92 Å². The first kappa shape index (κ1) is 15.1. The molecule has 0 aliphatic heterocycles. The Morgan fingerprint density at radius 1 is 1.39 bits per heavy atom. The lowest BCUT2D eigenvalue weighted by Gasteiger charge is -2.15. The predicted molar refractivity (Wildman–Crippen MR) is 70.4 cm³/mol. The van der Waals surface area contributed by atoms with Gasteiger partial charge in [0.15, 0.2) is 0 Å². The van der Waals surface area contributed by atoms with Crippen molar-refractivity contribution in [3.63, 3.8) is 0 Å². The van der Waals surface area contributed by atoms with Crippen LogP contribution in [0.4, 0.5) is 0 Å². The summed E-state index contributed by atoms with van der Waals surface area (Å²) < 4.78 is 37.3. The zero-order valence-electron chi connectivity index (χ0n) is 11.0. The van der Waals surface area contributed by atoms with Gasteiger partial charge in [-0.15, -0.1) is 0 Å². The van der Waals surface area contributed by atoms with Crippen molar-refractivity contribution >= 4 is 10.1 Å². The molecule has 0 saturated heterocycles. The Labute approximate surface area is 109 Å². The van der Waals surface area contributed by atoms with Gasteiger partial charge in [0.2, 0.25) is 0 Å². The minimum Gasteiger partial charge on any atom is -0.378 e. The molecule has 0 amide bonds. The van der Waals surface area contributed by atoms with Crippen LogP contribution in [0.3, 0.4) is 0 Å². The van der Waals surface area contributed by atoms with Crippen LogP contribution in [0.1, 0.15) is 31.4 Å². The highest BCUT2D eigenvalue weighted by molar-refractivity contribution is 7.85. The fraction of sp³-hybridized carbons (Fsp3) is 0.538. The summed E-state index contributed by atoms with van der Waals surface area (Å²) in [6, 6.07) is 4.88. The molecule has 18 heavy (non-hydrogen) atoms. The molecular formula is C13H20O4S. The molecule has 0 radical (unpaired) electrons. The maximum atomic E-state index is 11.3. The molecule has 0 spiro atoms. The zero-order chi connectivity index (χ0) is 13.8. The van der Waals surface area contributed by atoms with Crippen molar-refractivity contribution in [3.05, 3.63) is 29.3 Å². The third kappa shape index (κ3) is 4.40. The molecule has 102 valence electrons. The van der Waals surface area contributed by atoms with Crippen LogP contribution in [0.2, 0.25) is 0 Å². The normalized spacial score (nSPS) is 13.6. The minimum atomic E-state index is -4.17. The predicted octanol–water partition coefficient (Wildman–Crippen LogP) is 2.60. The molecule has 5 heteroatoms. The average molecular weight is 272 g/mol. The van der Waals surface area contributed by atoms with E-state index in [1.807, 2.05) is 20.8 Å². The van der Waals surface area contributed by atoms with Gasteiger partial charge in [0, 0.05) is 6.61 Å². The summed E-state index contributed by atoms with van der Waals surface area (Å²) >= 11 is 0. The van der Waals surface area contributed by atoms with Crippen molar-refractivity contribution in [2.75, 3.05) is 6.61 Å². The van der Waals surface area contributed by atoms with Crippen LogP contribution in [-0.4, -0.2) is 25.7 Å². The van der Waals surface area contributed by atoms with E-state index < -0.39 is 10.1 Å². The summed E-state index contributed by atoms with van der Waals surface area (Å²) in [5.41, 5.74) is 1.56. The highest BCUT2D eigenvalue weighted by atomic mass is 32.2. The smallest absolute Gasteiger partial charge is 0.294 e. The van der Waals surface area contributed by atoms with Crippen molar-refractivity contribution < 1.29 is 17.7 Å². The van der Waals surface area contributed by atoms with Crippen molar-refractivity contribution in [1.29, 1.82) is 0 Å². The standard InChI is InChI=1S/C13H20O4S/c1-4-7-17-11(3)9-12-8-10(2)5-6-13(12)18(14,15)16/h5-6,8,11H,4,7,9H2,1-3H3,(H,14,15,16). The van der Waals surface area contributed by atoms with Gasteiger partial charge in [-0.2, -0.15) is 8.42 Å². The average Bonchev–Trinajstić information content (AvgIpc) is 2.24. The van der Waals surface area contributed by atoms with E-state index in [4.69, 9.17) is 4.74 Å². The second kappa shape index (κ2) is 6.31. The Morgan fingerprint density at radius 3 is 2.61 bits per heavy atom. The Balaban J connectivity index is 2.96. The van der Waals surface area contributed by atoms with Gasteiger partial charge in [-0.1, -0.05) is 24.6 Å². The first-order chi connectivity index (χ1) is 8.34. The maximum Gasteiger partial charge on any atom is 0.294 e. The highest BCUT2D eigenvalue weighted by Crippen LogP contribution is 2.19. The fourth-order valence-electron chi connectivity index (χ4n) is 1.81. The van der Waals surface area contributed by atoms with Crippen LogP contribution in [0.15, 0.2) is 23.1 Å². The highest BCUT2D eigenvalue weighted by Gasteiger charge is 2.17. The van der Waals surface area contributed by atoms with Crippen LogP contribution in [0.5, 0.6) is 0 Å². The monoisotopic (exact) mass is 272 g/mol. The lowest BCUT2D eigenvalue weighted by atomic mass is 10.1. The van der Waals surface area contributed by atoms with Crippen LogP contribution in [-0.2, 0) is 21.3 Å². The second-order valence-corrected chi connectivity index (χ2v) is 5.86. The minimum absolute atomic E-state index is 0.0277. The number of ether oxygens (including phenoxy) is 1. The quantitative estimate of drug-likeness (QED) is 0.808. The summed E-state index contributed by atoms with van der Waals surface area (Å²) in [5.74, 6) is 0. The molecule has 1 aromatic rings. The molecule has 1 atom stereocenters. The van der Waals surface area contributed by atoms with E-state index in [1.54, 1.807) is 12.1 Å². The Bertz CT molecular complexity index is 494. The Kier molecular flexibility index (Phi) is 5.31. The van der Waals surface area contributed by atoms with Gasteiger partial charge in [0.05, 0.1) is 11.0 Å². The van der Waals surface area contributed by atoms with Gasteiger partial charge in [0.1, 0.15) is 0 Å². The lowest BCUT2D eigenvalue weighted by Crippen LogP contribution is -2.15. The molecule has 0 aliphatic rings. The van der Waals surface area contributed by atoms with Crippen LogP contribution < -0.4 is 0 Å². The summed E-state index contributed by atoms with van der Waals surface area (Å²) in [7, 11) is -4.17. The van der Waals surface area contributed by atoms with Crippen molar-refractivity contribution in [2.45, 2.75) is 44.6 Å². The van der Waals surface area contributed by atoms with E-state index in [0.717, 1.165) is 12.0 Å². The molecule has 0 fully saturated rings. The number of hydrogen-bond acceptors (Lipinski definition) is 3. The molecule has 0 heterocycles. The molecule has 0 saturated carbocycles. The van der Waals surface area contributed by atoms with Gasteiger partial charge in [-0.05, 0) is 38.3 Å². The first-order valence-electron chi connectivity index (χ1n) is 6.03. The van der Waals surface area contributed by atoms with E-state index in [2.05, 4.69) is 0 Å². The number of benzene rings is 1. The van der Waals surface area contributed by atoms with E-state index in [0.29, 0.717) is 18.6 Å². The van der Waals surface area contributed by atoms with E-state index >= 15 is 0 Å². The third-order valence-electron chi connectivity index (χ3n) is 2.61. The number of aryl methyl sites for hydroxylation is 1. The fourth-order valence-corrected chi connectivity index (χ4v) is 2.52. The van der Waals surface area contributed by atoms with E-state index in [1.165, 1.54) is 6.07 Å². The summed E-state index contributed by atoms with van der Waals surface area (Å²) in [6.07, 6.45) is 1.31. The molecule has 0 aliphatic carbocycles. The maximum absolute atomic E-state index is 11.3. The Hall–Kier alpha value is -0.910. The van der Waals surface area contributed by atoms with Gasteiger partial charge in [-0.3, -0.25) is 4.55 Å². The van der Waals surface area contributed by atoms with Crippen LogP contribution >= 0.6 is 0 Å².